The summed E-state index contributed by atoms with van der Waals surface area (Å²) in [7, 11) is 0. The van der Waals surface area contributed by atoms with E-state index in [0.29, 0.717) is 6.29 Å². The first kappa shape index (κ1) is 12.8. The summed E-state index contributed by atoms with van der Waals surface area (Å²) in [6.45, 7) is 0. The normalized spacial score (nSPS) is 10.0. The highest BCUT2D eigenvalue weighted by molar-refractivity contribution is 5.89. The van der Waals surface area contributed by atoms with E-state index >= 15 is 0 Å². The van der Waals surface area contributed by atoms with E-state index in [1.165, 1.54) is 18.2 Å². The van der Waals surface area contributed by atoms with Crippen LogP contribution in [-0.4, -0.2) is 17.2 Å². The van der Waals surface area contributed by atoms with Crippen molar-refractivity contribution in [3.8, 4) is 5.75 Å². The molecule has 0 N–H and O–H groups in total. The Balaban J connectivity index is 2.20. The fraction of sp³-hybridized carbons (Fsp3) is 0. The molecule has 0 aliphatic heterocycles. The van der Waals surface area contributed by atoms with Crippen molar-refractivity contribution < 1.29 is 23.1 Å². The fourth-order valence-corrected chi connectivity index (χ4v) is 1.33. The quantitative estimate of drug-likeness (QED) is 0.484. The van der Waals surface area contributed by atoms with Crippen molar-refractivity contribution in [1.29, 1.82) is 0 Å². The zero-order valence-electron chi connectivity index (χ0n) is 9.47. The van der Waals surface area contributed by atoms with Crippen LogP contribution >= 0.6 is 0 Å². The maximum Gasteiger partial charge on any atom is 0.362 e. The molecule has 0 saturated heterocycles. The van der Waals surface area contributed by atoms with Crippen molar-refractivity contribution in [1.82, 2.24) is 4.98 Å². The van der Waals surface area contributed by atoms with Crippen LogP contribution in [0, 0.1) is 11.6 Å². The van der Waals surface area contributed by atoms with Crippen LogP contribution in [0.1, 0.15) is 21.0 Å². The number of nitrogens with zero attached hydrogens (tertiary/aromatic N) is 1. The lowest BCUT2D eigenvalue weighted by molar-refractivity contribution is 0.0728. The van der Waals surface area contributed by atoms with E-state index < -0.39 is 17.6 Å². The highest BCUT2D eigenvalue weighted by Gasteiger charge is 2.12. The van der Waals surface area contributed by atoms with Gasteiger partial charge in [0.25, 0.3) is 0 Å². The minimum Gasteiger partial charge on any atom is -0.422 e. The van der Waals surface area contributed by atoms with Crippen molar-refractivity contribution in [3.05, 3.63) is 59.4 Å². The number of aldehydes is 1. The monoisotopic (exact) mass is 263 g/mol. The van der Waals surface area contributed by atoms with Gasteiger partial charge in [-0.05, 0) is 24.3 Å². The molecular formula is C13H7F2NO3. The molecule has 19 heavy (non-hydrogen) atoms. The first-order valence-electron chi connectivity index (χ1n) is 5.19. The van der Waals surface area contributed by atoms with Gasteiger partial charge in [0.15, 0.2) is 17.9 Å². The van der Waals surface area contributed by atoms with Crippen LogP contribution in [0.3, 0.4) is 0 Å². The number of pyridine rings is 1. The fourth-order valence-electron chi connectivity index (χ4n) is 1.33. The summed E-state index contributed by atoms with van der Waals surface area (Å²) < 4.78 is 30.4. The minimum absolute atomic E-state index is 0.0692. The first-order chi connectivity index (χ1) is 9.10. The minimum atomic E-state index is -1.13. The van der Waals surface area contributed by atoms with Crippen molar-refractivity contribution in [2.75, 3.05) is 0 Å². The lowest BCUT2D eigenvalue weighted by Gasteiger charge is -2.04. The van der Waals surface area contributed by atoms with Crippen LogP contribution < -0.4 is 4.74 Å². The zero-order chi connectivity index (χ0) is 13.8. The molecule has 4 nitrogen and oxygen atoms in total. The maximum atomic E-state index is 12.9. The largest absolute Gasteiger partial charge is 0.422 e. The number of aromatic nitrogens is 1. The van der Waals surface area contributed by atoms with Crippen LogP contribution in [0.25, 0.3) is 0 Å². The third-order valence-corrected chi connectivity index (χ3v) is 2.20. The smallest absolute Gasteiger partial charge is 0.362 e. The molecule has 0 bridgehead atoms. The molecule has 0 unspecified atom stereocenters. The van der Waals surface area contributed by atoms with Crippen molar-refractivity contribution in [3.63, 3.8) is 0 Å². The van der Waals surface area contributed by atoms with Gasteiger partial charge in [0, 0.05) is 6.07 Å². The number of ether oxygens (including phenoxy) is 1. The molecule has 0 aliphatic rings. The van der Waals surface area contributed by atoms with Gasteiger partial charge in [-0.3, -0.25) is 4.79 Å². The molecule has 0 aliphatic carbocycles. The Morgan fingerprint density at radius 3 is 2.63 bits per heavy atom. The second kappa shape index (κ2) is 5.34. The molecule has 0 saturated carbocycles. The topological polar surface area (TPSA) is 56.3 Å². The molecule has 0 atom stereocenters. The number of halogens is 2. The van der Waals surface area contributed by atoms with Gasteiger partial charge in [0.1, 0.15) is 17.1 Å². The standard InChI is InChI=1S/C13H7F2NO3/c14-10-5-4-9(6-11(10)15)19-13(18)12-3-1-2-8(7-17)16-12/h1-7H. The lowest BCUT2D eigenvalue weighted by Crippen LogP contribution is -2.11. The average molecular weight is 263 g/mol. The van der Waals surface area contributed by atoms with Gasteiger partial charge in [-0.15, -0.1) is 0 Å². The number of carbonyl (C=O) groups is 2. The summed E-state index contributed by atoms with van der Waals surface area (Å²) in [6.07, 6.45) is 0.480. The lowest BCUT2D eigenvalue weighted by atomic mass is 10.3. The van der Waals surface area contributed by atoms with E-state index in [1.54, 1.807) is 0 Å². The van der Waals surface area contributed by atoms with Crippen LogP contribution in [0.4, 0.5) is 8.78 Å². The number of rotatable bonds is 3. The van der Waals surface area contributed by atoms with Gasteiger partial charge in [-0.1, -0.05) is 6.07 Å². The Kier molecular flexibility index (Phi) is 3.61. The number of hydrogen-bond acceptors (Lipinski definition) is 4. The highest BCUT2D eigenvalue weighted by atomic mass is 19.2. The van der Waals surface area contributed by atoms with E-state index in [0.717, 1.165) is 18.2 Å². The van der Waals surface area contributed by atoms with Crippen molar-refractivity contribution in [2.45, 2.75) is 0 Å². The van der Waals surface area contributed by atoms with Crippen LogP contribution in [0.15, 0.2) is 36.4 Å². The van der Waals surface area contributed by atoms with Gasteiger partial charge in [-0.25, -0.2) is 18.6 Å². The zero-order valence-corrected chi connectivity index (χ0v) is 9.47. The predicted octanol–water partition coefficient (Wildman–Crippen LogP) is 2.39. The Hall–Kier alpha value is -2.63. The summed E-state index contributed by atoms with van der Waals surface area (Å²) in [6, 6.07) is 6.92. The van der Waals surface area contributed by atoms with E-state index in [2.05, 4.69) is 4.98 Å². The van der Waals surface area contributed by atoms with E-state index in [4.69, 9.17) is 4.74 Å². The number of esters is 1. The average Bonchev–Trinajstić information content (AvgIpc) is 2.43. The number of benzene rings is 1. The summed E-state index contributed by atoms with van der Waals surface area (Å²) in [5.41, 5.74) is -0.0333. The SMILES string of the molecule is O=Cc1cccc(C(=O)Oc2ccc(F)c(F)c2)n1. The van der Waals surface area contributed by atoms with Crippen LogP contribution in [0.2, 0.25) is 0 Å². The molecule has 0 fully saturated rings. The van der Waals surface area contributed by atoms with Gasteiger partial charge < -0.3 is 4.74 Å². The van der Waals surface area contributed by atoms with Gasteiger partial charge in [-0.2, -0.15) is 0 Å². The second-order valence-electron chi connectivity index (χ2n) is 3.53. The first-order valence-corrected chi connectivity index (χ1v) is 5.19. The molecule has 2 aromatic rings. The Labute approximate surface area is 106 Å². The molecule has 1 aromatic carbocycles. The molecule has 1 aromatic heterocycles. The second-order valence-corrected chi connectivity index (χ2v) is 3.53. The number of carbonyl (C=O) groups excluding carboxylic acids is 2. The van der Waals surface area contributed by atoms with Gasteiger partial charge >= 0.3 is 5.97 Å². The van der Waals surface area contributed by atoms with E-state index in [9.17, 15) is 18.4 Å². The summed E-state index contributed by atoms with van der Waals surface area (Å²) in [5, 5.41) is 0. The Morgan fingerprint density at radius 2 is 1.95 bits per heavy atom. The van der Waals surface area contributed by atoms with E-state index in [1.807, 2.05) is 0 Å². The highest BCUT2D eigenvalue weighted by Crippen LogP contribution is 2.16. The summed E-state index contributed by atoms with van der Waals surface area (Å²) in [4.78, 5) is 25.9. The predicted molar refractivity (Wildman–Crippen MR) is 60.9 cm³/mol. The molecule has 2 rings (SSSR count). The number of hydrogen-bond donors (Lipinski definition) is 0. The van der Waals surface area contributed by atoms with Crippen LogP contribution in [0.5, 0.6) is 5.75 Å². The third kappa shape index (κ3) is 2.98. The molecule has 6 heteroatoms. The molecule has 96 valence electrons. The molecule has 0 spiro atoms. The molecular weight excluding hydrogens is 256 g/mol. The molecule has 0 amide bonds. The van der Waals surface area contributed by atoms with E-state index in [-0.39, 0.29) is 17.1 Å². The molecule has 0 radical (unpaired) electrons. The van der Waals surface area contributed by atoms with Gasteiger partial charge in [0.2, 0.25) is 0 Å². The van der Waals surface area contributed by atoms with Crippen molar-refractivity contribution >= 4 is 12.3 Å². The molecule has 1 heterocycles. The summed E-state index contributed by atoms with van der Waals surface area (Å²) >= 11 is 0. The van der Waals surface area contributed by atoms with Crippen molar-refractivity contribution in [2.24, 2.45) is 0 Å². The third-order valence-electron chi connectivity index (χ3n) is 2.20. The van der Waals surface area contributed by atoms with Crippen LogP contribution in [-0.2, 0) is 0 Å². The maximum absolute atomic E-state index is 12.9. The Morgan fingerprint density at radius 1 is 1.16 bits per heavy atom. The Bertz CT molecular complexity index is 644. The van der Waals surface area contributed by atoms with Gasteiger partial charge in [0.05, 0.1) is 0 Å². The summed E-state index contributed by atoms with van der Waals surface area (Å²) in [5.74, 6) is -3.18.